The highest BCUT2D eigenvalue weighted by atomic mass is 79.9. The Morgan fingerprint density at radius 3 is 2.89 bits per heavy atom. The third kappa shape index (κ3) is 4.05. The number of aromatic nitrogens is 2. The number of hydrogen-bond donors (Lipinski definition) is 2. The van der Waals surface area contributed by atoms with Crippen LogP contribution in [0.3, 0.4) is 0 Å². The number of amides is 1. The summed E-state index contributed by atoms with van der Waals surface area (Å²) in [5, 5.41) is 9.90. The molecule has 19 heavy (non-hydrogen) atoms. The topological polar surface area (TPSA) is 76.0 Å². The van der Waals surface area contributed by atoms with E-state index in [1.165, 1.54) is 24.4 Å². The number of hydrogen-bond acceptors (Lipinski definition) is 4. The summed E-state index contributed by atoms with van der Waals surface area (Å²) in [6.07, 6.45) is 4.01. The van der Waals surface area contributed by atoms with Crippen molar-refractivity contribution in [3.05, 3.63) is 21.0 Å². The average molecular weight is 329 g/mol. The van der Waals surface area contributed by atoms with Gasteiger partial charge in [0.25, 0.3) is 5.56 Å². The number of halogens is 1. The second-order valence-corrected chi connectivity index (χ2v) is 5.51. The molecule has 0 spiro atoms. The highest BCUT2D eigenvalue weighted by molar-refractivity contribution is 9.10. The lowest BCUT2D eigenvalue weighted by atomic mass is 10.4. The molecule has 1 heterocycles. The summed E-state index contributed by atoms with van der Waals surface area (Å²) in [4.78, 5) is 22.8. The van der Waals surface area contributed by atoms with Gasteiger partial charge >= 0.3 is 0 Å². The second kappa shape index (κ2) is 6.18. The van der Waals surface area contributed by atoms with E-state index in [0.717, 1.165) is 0 Å². The van der Waals surface area contributed by atoms with Gasteiger partial charge < -0.3 is 10.6 Å². The minimum atomic E-state index is -0.114. The molecule has 0 aliphatic heterocycles. The van der Waals surface area contributed by atoms with Gasteiger partial charge in [-0.15, -0.1) is 0 Å². The van der Waals surface area contributed by atoms with Crippen LogP contribution in [0.1, 0.15) is 19.8 Å². The molecule has 104 valence electrons. The SMILES string of the molecule is CC(=O)NCCNc1cnn(CC2CC2)c(=O)c1Br. The van der Waals surface area contributed by atoms with Crippen molar-refractivity contribution in [2.45, 2.75) is 26.3 Å². The number of anilines is 1. The van der Waals surface area contributed by atoms with Gasteiger partial charge in [-0.25, -0.2) is 4.68 Å². The van der Waals surface area contributed by atoms with E-state index in [2.05, 4.69) is 31.7 Å². The molecule has 1 fully saturated rings. The zero-order chi connectivity index (χ0) is 13.8. The average Bonchev–Trinajstić information content (AvgIpc) is 3.17. The van der Waals surface area contributed by atoms with E-state index < -0.39 is 0 Å². The Balaban J connectivity index is 1.95. The molecule has 6 nitrogen and oxygen atoms in total. The van der Waals surface area contributed by atoms with Crippen LogP contribution in [0.25, 0.3) is 0 Å². The predicted molar refractivity (Wildman–Crippen MR) is 76.1 cm³/mol. The smallest absolute Gasteiger partial charge is 0.283 e. The van der Waals surface area contributed by atoms with Crippen molar-refractivity contribution in [3.63, 3.8) is 0 Å². The maximum absolute atomic E-state index is 12.0. The van der Waals surface area contributed by atoms with Crippen molar-refractivity contribution in [1.82, 2.24) is 15.1 Å². The minimum absolute atomic E-state index is 0.0705. The van der Waals surface area contributed by atoms with Crippen molar-refractivity contribution in [3.8, 4) is 0 Å². The zero-order valence-corrected chi connectivity index (χ0v) is 12.4. The first kappa shape index (κ1) is 14.0. The van der Waals surface area contributed by atoms with Crippen molar-refractivity contribution in [2.75, 3.05) is 18.4 Å². The Bertz CT molecular complexity index is 525. The fraction of sp³-hybridized carbons (Fsp3) is 0.583. The summed E-state index contributed by atoms with van der Waals surface area (Å²) in [5.41, 5.74) is 0.541. The fourth-order valence-corrected chi connectivity index (χ4v) is 2.15. The molecule has 1 saturated carbocycles. The van der Waals surface area contributed by atoms with Gasteiger partial charge in [-0.1, -0.05) is 0 Å². The molecular formula is C12H17BrN4O2. The molecule has 2 N–H and O–H groups in total. The van der Waals surface area contributed by atoms with Crippen LogP contribution in [-0.2, 0) is 11.3 Å². The quantitative estimate of drug-likeness (QED) is 0.763. The van der Waals surface area contributed by atoms with Crippen LogP contribution in [0.15, 0.2) is 15.5 Å². The normalized spacial score (nSPS) is 14.2. The summed E-state index contributed by atoms with van der Waals surface area (Å²) in [6, 6.07) is 0. The number of nitrogens with one attached hydrogen (secondary N) is 2. The summed E-state index contributed by atoms with van der Waals surface area (Å²) in [6.45, 7) is 3.22. The number of rotatable bonds is 6. The maximum Gasteiger partial charge on any atom is 0.283 e. The number of nitrogens with zero attached hydrogens (tertiary/aromatic N) is 2. The van der Waals surface area contributed by atoms with Crippen molar-refractivity contribution in [1.29, 1.82) is 0 Å². The van der Waals surface area contributed by atoms with Gasteiger partial charge in [0.15, 0.2) is 0 Å². The van der Waals surface area contributed by atoms with Crippen molar-refractivity contribution in [2.24, 2.45) is 5.92 Å². The van der Waals surface area contributed by atoms with Crippen LogP contribution in [0.4, 0.5) is 5.69 Å². The van der Waals surface area contributed by atoms with E-state index in [0.29, 0.717) is 35.7 Å². The van der Waals surface area contributed by atoms with Crippen LogP contribution in [-0.4, -0.2) is 28.8 Å². The Hall–Kier alpha value is -1.37. The molecule has 7 heteroatoms. The van der Waals surface area contributed by atoms with Gasteiger partial charge in [-0.2, -0.15) is 5.10 Å². The molecule has 0 aromatic carbocycles. The lowest BCUT2D eigenvalue weighted by molar-refractivity contribution is -0.118. The molecule has 1 aromatic rings. The Kier molecular flexibility index (Phi) is 4.57. The van der Waals surface area contributed by atoms with E-state index in [1.807, 2.05) is 0 Å². The molecule has 0 radical (unpaired) electrons. The summed E-state index contributed by atoms with van der Waals surface area (Å²) in [5.74, 6) is 0.537. The lowest BCUT2D eigenvalue weighted by Crippen LogP contribution is -2.28. The number of carbonyl (C=O) groups excluding carboxylic acids is 1. The predicted octanol–water partition coefficient (Wildman–Crippen LogP) is 0.964. The van der Waals surface area contributed by atoms with Crippen molar-refractivity contribution >= 4 is 27.5 Å². The molecule has 1 aliphatic rings. The van der Waals surface area contributed by atoms with E-state index in [1.54, 1.807) is 6.20 Å². The van der Waals surface area contributed by atoms with Crippen LogP contribution in [0, 0.1) is 5.92 Å². The first-order valence-corrected chi connectivity index (χ1v) is 7.11. The minimum Gasteiger partial charge on any atom is -0.381 e. The third-order valence-electron chi connectivity index (χ3n) is 2.93. The fourth-order valence-electron chi connectivity index (χ4n) is 1.70. The zero-order valence-electron chi connectivity index (χ0n) is 10.8. The highest BCUT2D eigenvalue weighted by Gasteiger charge is 2.23. The second-order valence-electron chi connectivity index (χ2n) is 4.71. The van der Waals surface area contributed by atoms with E-state index in [4.69, 9.17) is 0 Å². The largest absolute Gasteiger partial charge is 0.381 e. The van der Waals surface area contributed by atoms with Crippen LogP contribution in [0.2, 0.25) is 0 Å². The van der Waals surface area contributed by atoms with Crippen LogP contribution < -0.4 is 16.2 Å². The van der Waals surface area contributed by atoms with Crippen LogP contribution in [0.5, 0.6) is 0 Å². The molecule has 1 aromatic heterocycles. The Morgan fingerprint density at radius 2 is 2.26 bits per heavy atom. The monoisotopic (exact) mass is 328 g/mol. The van der Waals surface area contributed by atoms with Gasteiger partial charge in [0.1, 0.15) is 4.47 Å². The van der Waals surface area contributed by atoms with Gasteiger partial charge in [0.2, 0.25) is 5.91 Å². The van der Waals surface area contributed by atoms with E-state index in [-0.39, 0.29) is 11.5 Å². The summed E-state index contributed by atoms with van der Waals surface area (Å²) < 4.78 is 1.99. The molecule has 0 bridgehead atoms. The molecule has 1 amide bonds. The van der Waals surface area contributed by atoms with Gasteiger partial charge in [0, 0.05) is 26.6 Å². The molecule has 0 atom stereocenters. The highest BCUT2D eigenvalue weighted by Crippen LogP contribution is 2.30. The van der Waals surface area contributed by atoms with Crippen molar-refractivity contribution < 1.29 is 4.79 Å². The Labute approximate surface area is 119 Å². The number of carbonyl (C=O) groups is 1. The van der Waals surface area contributed by atoms with E-state index >= 15 is 0 Å². The molecule has 1 aliphatic carbocycles. The molecule has 0 unspecified atom stereocenters. The van der Waals surface area contributed by atoms with Gasteiger partial charge in [-0.3, -0.25) is 9.59 Å². The summed E-state index contributed by atoms with van der Waals surface area (Å²) >= 11 is 3.30. The molecular weight excluding hydrogens is 312 g/mol. The molecule has 2 rings (SSSR count). The third-order valence-corrected chi connectivity index (χ3v) is 3.69. The molecule has 0 saturated heterocycles. The Morgan fingerprint density at radius 1 is 1.53 bits per heavy atom. The van der Waals surface area contributed by atoms with Crippen LogP contribution >= 0.6 is 15.9 Å². The van der Waals surface area contributed by atoms with Gasteiger partial charge in [-0.05, 0) is 34.7 Å². The summed E-state index contributed by atoms with van der Waals surface area (Å²) in [7, 11) is 0. The first-order chi connectivity index (χ1) is 9.08. The first-order valence-electron chi connectivity index (χ1n) is 6.32. The van der Waals surface area contributed by atoms with Gasteiger partial charge in [0.05, 0.1) is 11.9 Å². The maximum atomic E-state index is 12.0. The standard InChI is InChI=1S/C12H17BrN4O2/c1-8(18)14-4-5-15-10-6-16-17(7-9-2-3-9)12(19)11(10)13/h6,9,15H,2-5,7H2,1H3,(H,14,18). The van der Waals surface area contributed by atoms with E-state index in [9.17, 15) is 9.59 Å². The lowest BCUT2D eigenvalue weighted by Gasteiger charge is -2.10.